The number of hydrogen-bond acceptors (Lipinski definition) is 7. The van der Waals surface area contributed by atoms with Gasteiger partial charge in [-0.15, -0.1) is 6.61 Å². The van der Waals surface area contributed by atoms with Crippen LogP contribution in [-0.4, -0.2) is 56.2 Å². The molecule has 178 valence electrons. The standard InChI is InChI=1S/C24H32N5O4/c1-15(2)29-20-14-17(6-7-18(20)19(26-29)10-13-30)21-25-22(33-27-21)16-8-11-28(12-9-16)23(31)32-24(3,4)5/h6-7,14-16H,8-13H2,1-5H3/q-1. The van der Waals surface area contributed by atoms with Crippen molar-refractivity contribution < 1.29 is 19.2 Å². The Bertz CT molecular complexity index is 1120. The van der Waals surface area contributed by atoms with Crippen LogP contribution in [0, 0.1) is 0 Å². The summed E-state index contributed by atoms with van der Waals surface area (Å²) < 4.78 is 13.0. The van der Waals surface area contributed by atoms with Gasteiger partial charge in [-0.2, -0.15) is 10.1 Å². The van der Waals surface area contributed by atoms with Crippen LogP contribution in [0.15, 0.2) is 22.7 Å². The summed E-state index contributed by atoms with van der Waals surface area (Å²) in [5.41, 5.74) is 2.13. The lowest BCUT2D eigenvalue weighted by atomic mass is 9.97. The van der Waals surface area contributed by atoms with E-state index in [1.54, 1.807) is 4.90 Å². The van der Waals surface area contributed by atoms with Crippen LogP contribution in [-0.2, 0) is 11.2 Å². The Morgan fingerprint density at radius 1 is 1.27 bits per heavy atom. The van der Waals surface area contributed by atoms with Crippen LogP contribution in [0.25, 0.3) is 22.3 Å². The number of carbonyl (C=O) groups is 1. The van der Waals surface area contributed by atoms with E-state index in [0.29, 0.717) is 31.2 Å². The van der Waals surface area contributed by atoms with Gasteiger partial charge in [0.25, 0.3) is 0 Å². The molecule has 1 aromatic carbocycles. The molecule has 3 aromatic rings. The van der Waals surface area contributed by atoms with Crippen LogP contribution < -0.4 is 5.11 Å². The van der Waals surface area contributed by atoms with Crippen molar-refractivity contribution in [2.75, 3.05) is 19.7 Å². The van der Waals surface area contributed by atoms with Gasteiger partial charge in [0.1, 0.15) is 5.60 Å². The molecule has 2 aromatic heterocycles. The molecule has 9 heteroatoms. The molecule has 3 heterocycles. The summed E-state index contributed by atoms with van der Waals surface area (Å²) in [7, 11) is 0. The summed E-state index contributed by atoms with van der Waals surface area (Å²) in [5, 5.41) is 21.0. The number of ether oxygens (including phenoxy) is 1. The molecule has 0 aliphatic carbocycles. The zero-order chi connectivity index (χ0) is 23.8. The van der Waals surface area contributed by atoms with Crippen molar-refractivity contribution in [3.8, 4) is 11.4 Å². The van der Waals surface area contributed by atoms with Gasteiger partial charge in [0.2, 0.25) is 11.7 Å². The third-order valence-corrected chi connectivity index (χ3v) is 5.81. The fourth-order valence-electron chi connectivity index (χ4n) is 4.17. The van der Waals surface area contributed by atoms with E-state index < -0.39 is 5.60 Å². The lowest BCUT2D eigenvalue weighted by molar-refractivity contribution is -0.366. The number of benzene rings is 1. The molecule has 0 spiro atoms. The molecule has 9 nitrogen and oxygen atoms in total. The third kappa shape index (κ3) is 5.03. The van der Waals surface area contributed by atoms with Crippen molar-refractivity contribution >= 4 is 17.0 Å². The highest BCUT2D eigenvalue weighted by atomic mass is 16.6. The van der Waals surface area contributed by atoms with Gasteiger partial charge in [0.05, 0.1) is 11.2 Å². The monoisotopic (exact) mass is 454 g/mol. The Labute approximate surface area is 193 Å². The Balaban J connectivity index is 1.50. The average molecular weight is 455 g/mol. The fourth-order valence-corrected chi connectivity index (χ4v) is 4.17. The number of carbonyl (C=O) groups excluding carboxylic acids is 1. The summed E-state index contributed by atoms with van der Waals surface area (Å²) in [5.74, 6) is 1.24. The highest BCUT2D eigenvalue weighted by molar-refractivity contribution is 5.86. The zero-order valence-electron chi connectivity index (χ0n) is 20.0. The number of aromatic nitrogens is 4. The van der Waals surface area contributed by atoms with Crippen molar-refractivity contribution in [1.82, 2.24) is 24.8 Å². The molecular formula is C24H32N5O4-. The Kier molecular flexibility index (Phi) is 6.43. The lowest BCUT2D eigenvalue weighted by Gasteiger charge is -2.32. The van der Waals surface area contributed by atoms with E-state index in [-0.39, 0.29) is 24.7 Å². The van der Waals surface area contributed by atoms with Gasteiger partial charge in [-0.05, 0) is 59.9 Å². The van der Waals surface area contributed by atoms with E-state index in [2.05, 4.69) is 29.1 Å². The van der Waals surface area contributed by atoms with Gasteiger partial charge in [0, 0.05) is 36.0 Å². The Morgan fingerprint density at radius 2 is 2.00 bits per heavy atom. The van der Waals surface area contributed by atoms with E-state index in [9.17, 15) is 9.90 Å². The summed E-state index contributed by atoms with van der Waals surface area (Å²) in [6.07, 6.45) is 1.62. The first-order valence-corrected chi connectivity index (χ1v) is 11.6. The number of rotatable bonds is 5. The van der Waals surface area contributed by atoms with E-state index in [4.69, 9.17) is 9.26 Å². The van der Waals surface area contributed by atoms with Crippen molar-refractivity contribution in [3.05, 3.63) is 29.8 Å². The van der Waals surface area contributed by atoms with Crippen LogP contribution in [0.4, 0.5) is 4.79 Å². The molecule has 0 saturated carbocycles. The van der Waals surface area contributed by atoms with Gasteiger partial charge in [0.15, 0.2) is 0 Å². The van der Waals surface area contributed by atoms with Gasteiger partial charge < -0.3 is 19.3 Å². The van der Waals surface area contributed by atoms with Crippen LogP contribution in [0.5, 0.6) is 0 Å². The molecule has 0 atom stereocenters. The first kappa shape index (κ1) is 23.2. The highest BCUT2D eigenvalue weighted by Crippen LogP contribution is 2.31. The molecule has 1 aliphatic heterocycles. The zero-order valence-corrected chi connectivity index (χ0v) is 20.0. The predicted octanol–water partition coefficient (Wildman–Crippen LogP) is 3.68. The summed E-state index contributed by atoms with van der Waals surface area (Å²) in [6, 6.07) is 6.11. The van der Waals surface area contributed by atoms with Crippen LogP contribution in [0.2, 0.25) is 0 Å². The van der Waals surface area contributed by atoms with Crippen LogP contribution >= 0.6 is 0 Å². The van der Waals surface area contributed by atoms with Gasteiger partial charge in [-0.1, -0.05) is 17.3 Å². The van der Waals surface area contributed by atoms with Gasteiger partial charge in [-0.25, -0.2) is 4.79 Å². The minimum absolute atomic E-state index is 0.110. The normalized spacial score (nSPS) is 15.5. The number of piperidine rings is 1. The quantitative estimate of drug-likeness (QED) is 0.578. The highest BCUT2D eigenvalue weighted by Gasteiger charge is 2.30. The molecule has 1 aliphatic rings. The number of fused-ring (bicyclic) bond motifs is 1. The molecule has 1 fully saturated rings. The molecule has 33 heavy (non-hydrogen) atoms. The Morgan fingerprint density at radius 3 is 2.64 bits per heavy atom. The predicted molar refractivity (Wildman–Crippen MR) is 122 cm³/mol. The van der Waals surface area contributed by atoms with Crippen molar-refractivity contribution in [3.63, 3.8) is 0 Å². The summed E-state index contributed by atoms with van der Waals surface area (Å²) >= 11 is 0. The first-order chi connectivity index (χ1) is 15.7. The first-order valence-electron chi connectivity index (χ1n) is 11.6. The van der Waals surface area contributed by atoms with Crippen molar-refractivity contribution in [2.45, 2.75) is 71.4 Å². The lowest BCUT2D eigenvalue weighted by Crippen LogP contribution is -2.41. The number of likely N-dealkylation sites (tertiary alicyclic amines) is 1. The van der Waals surface area contributed by atoms with Crippen LogP contribution in [0.3, 0.4) is 0 Å². The van der Waals surface area contributed by atoms with E-state index in [1.165, 1.54) is 0 Å². The number of amides is 1. The molecule has 0 bridgehead atoms. The number of nitrogens with zero attached hydrogens (tertiary/aromatic N) is 5. The fraction of sp³-hybridized carbons (Fsp3) is 0.583. The molecule has 1 saturated heterocycles. The maximum absolute atomic E-state index is 12.3. The van der Waals surface area contributed by atoms with Crippen molar-refractivity contribution in [2.24, 2.45) is 0 Å². The van der Waals surface area contributed by atoms with E-state index in [0.717, 1.165) is 35.0 Å². The summed E-state index contributed by atoms with van der Waals surface area (Å²) in [4.78, 5) is 18.7. The maximum Gasteiger partial charge on any atom is 0.410 e. The molecular weight excluding hydrogens is 422 g/mol. The minimum atomic E-state index is -0.503. The molecule has 0 radical (unpaired) electrons. The molecule has 4 rings (SSSR count). The van der Waals surface area contributed by atoms with E-state index >= 15 is 0 Å². The molecule has 0 N–H and O–H groups in total. The topological polar surface area (TPSA) is 109 Å². The second-order valence-corrected chi connectivity index (χ2v) is 9.87. The maximum atomic E-state index is 12.3. The summed E-state index contributed by atoms with van der Waals surface area (Å²) in [6.45, 7) is 10.7. The average Bonchev–Trinajstić information content (AvgIpc) is 3.38. The SMILES string of the molecule is CC(C)n1nc(CC[O-])c2ccc(-c3noc(C4CCN(C(=O)OC(C)(C)C)CC4)n3)cc21. The van der Waals surface area contributed by atoms with Gasteiger partial charge in [-0.3, -0.25) is 4.68 Å². The number of hydrogen-bond donors (Lipinski definition) is 0. The third-order valence-electron chi connectivity index (χ3n) is 5.81. The van der Waals surface area contributed by atoms with Gasteiger partial charge >= 0.3 is 6.09 Å². The van der Waals surface area contributed by atoms with E-state index in [1.807, 2.05) is 43.7 Å². The largest absolute Gasteiger partial charge is 0.854 e. The van der Waals surface area contributed by atoms with Crippen LogP contribution in [0.1, 0.15) is 71.0 Å². The smallest absolute Gasteiger partial charge is 0.410 e. The Hall–Kier alpha value is -2.94. The molecule has 1 amide bonds. The second-order valence-electron chi connectivity index (χ2n) is 9.87. The molecule has 0 unspecified atom stereocenters. The second kappa shape index (κ2) is 9.13. The van der Waals surface area contributed by atoms with Crippen molar-refractivity contribution in [1.29, 1.82) is 0 Å². The minimum Gasteiger partial charge on any atom is -0.854 e.